The lowest BCUT2D eigenvalue weighted by atomic mass is 9.83. The molecule has 4 rings (SSSR count). The smallest absolute Gasteiger partial charge is 0.229 e. The molecule has 0 aliphatic carbocycles. The van der Waals surface area contributed by atoms with Gasteiger partial charge < -0.3 is 9.47 Å². The average Bonchev–Trinajstić information content (AvgIpc) is 2.90. The standard InChI is InChI=1S/C31H32ClN3O4S/c1-31(2,3)27-18-24(26-19-33-30(32)34-29(26)39-20-22-9-7-6-8-10-22)17-23(28(27)38-4)14-11-21-12-15-25(16-13-21)35-40(5,36)37/h6-19,35H,20H2,1-5H3/b14-11+. The number of methoxy groups -OCH3 is 1. The number of aromatic nitrogens is 2. The highest BCUT2D eigenvalue weighted by Gasteiger charge is 2.23. The van der Waals surface area contributed by atoms with Crippen LogP contribution in [0.1, 0.15) is 43.0 Å². The number of anilines is 1. The third-order valence-corrected chi connectivity index (χ3v) is 6.84. The minimum Gasteiger partial charge on any atom is -0.496 e. The van der Waals surface area contributed by atoms with E-state index in [1.807, 2.05) is 60.7 Å². The summed E-state index contributed by atoms with van der Waals surface area (Å²) in [4.78, 5) is 8.63. The van der Waals surface area contributed by atoms with Crippen LogP contribution in [0, 0.1) is 0 Å². The van der Waals surface area contributed by atoms with Crippen LogP contribution in [0.4, 0.5) is 5.69 Å². The van der Waals surface area contributed by atoms with E-state index in [1.54, 1.807) is 25.4 Å². The largest absolute Gasteiger partial charge is 0.496 e. The molecular weight excluding hydrogens is 546 g/mol. The maximum atomic E-state index is 11.5. The van der Waals surface area contributed by atoms with Crippen LogP contribution >= 0.6 is 11.6 Å². The van der Waals surface area contributed by atoms with Gasteiger partial charge in [-0.25, -0.2) is 13.4 Å². The zero-order valence-electron chi connectivity index (χ0n) is 23.1. The molecule has 0 aliphatic heterocycles. The fourth-order valence-corrected chi connectivity index (χ4v) is 4.85. The van der Waals surface area contributed by atoms with Crippen LogP contribution in [0.15, 0.2) is 72.9 Å². The lowest BCUT2D eigenvalue weighted by molar-refractivity contribution is 0.295. The van der Waals surface area contributed by atoms with Crippen molar-refractivity contribution in [3.63, 3.8) is 0 Å². The maximum Gasteiger partial charge on any atom is 0.229 e. The second-order valence-corrected chi connectivity index (χ2v) is 12.4. The summed E-state index contributed by atoms with van der Waals surface area (Å²) >= 11 is 6.16. The van der Waals surface area contributed by atoms with E-state index in [4.69, 9.17) is 21.1 Å². The van der Waals surface area contributed by atoms with Crippen LogP contribution in [-0.4, -0.2) is 31.8 Å². The first kappa shape index (κ1) is 29.1. The van der Waals surface area contributed by atoms with E-state index in [2.05, 4.69) is 41.5 Å². The predicted octanol–water partition coefficient (Wildman–Crippen LogP) is 7.22. The molecule has 1 heterocycles. The number of halogens is 1. The topological polar surface area (TPSA) is 90.4 Å². The van der Waals surface area contributed by atoms with Crippen LogP contribution < -0.4 is 14.2 Å². The molecule has 0 spiro atoms. The van der Waals surface area contributed by atoms with Crippen LogP contribution in [0.2, 0.25) is 5.28 Å². The Hall–Kier alpha value is -3.88. The number of benzene rings is 3. The molecule has 4 aromatic rings. The zero-order chi connectivity index (χ0) is 28.9. The SMILES string of the molecule is COc1c(/C=C/c2ccc(NS(C)(=O)=O)cc2)cc(-c2cnc(Cl)nc2OCc2ccccc2)cc1C(C)(C)C. The monoisotopic (exact) mass is 577 g/mol. The molecule has 0 aliphatic rings. The van der Waals surface area contributed by atoms with Crippen LogP contribution in [0.3, 0.4) is 0 Å². The van der Waals surface area contributed by atoms with Gasteiger partial charge in [-0.2, -0.15) is 4.98 Å². The van der Waals surface area contributed by atoms with E-state index in [1.165, 1.54) is 0 Å². The number of sulfonamides is 1. The van der Waals surface area contributed by atoms with Crippen LogP contribution in [0.25, 0.3) is 23.3 Å². The quantitative estimate of drug-likeness (QED) is 0.167. The molecule has 0 saturated heterocycles. The van der Waals surface area contributed by atoms with Crippen LogP contribution in [0.5, 0.6) is 11.6 Å². The second-order valence-electron chi connectivity index (χ2n) is 10.4. The first-order valence-electron chi connectivity index (χ1n) is 12.6. The Kier molecular flexibility index (Phi) is 8.81. The molecular formula is C31H32ClN3O4S. The van der Waals surface area contributed by atoms with Gasteiger partial charge in [0.2, 0.25) is 21.2 Å². The van der Waals surface area contributed by atoms with Crippen molar-refractivity contribution in [1.29, 1.82) is 0 Å². The lowest BCUT2D eigenvalue weighted by Crippen LogP contribution is -2.14. The Morgan fingerprint density at radius 3 is 2.33 bits per heavy atom. The van der Waals surface area contributed by atoms with Crippen molar-refractivity contribution in [1.82, 2.24) is 9.97 Å². The molecule has 0 atom stereocenters. The van der Waals surface area contributed by atoms with Gasteiger partial charge in [0.15, 0.2) is 0 Å². The molecule has 0 bridgehead atoms. The second kappa shape index (κ2) is 12.1. The van der Waals surface area contributed by atoms with Crippen molar-refractivity contribution in [3.8, 4) is 22.8 Å². The van der Waals surface area contributed by atoms with Crippen molar-refractivity contribution < 1.29 is 17.9 Å². The van der Waals surface area contributed by atoms with E-state index in [0.29, 0.717) is 23.7 Å². The highest BCUT2D eigenvalue weighted by molar-refractivity contribution is 7.92. The summed E-state index contributed by atoms with van der Waals surface area (Å²) in [6.07, 6.45) is 6.71. The van der Waals surface area contributed by atoms with Gasteiger partial charge in [-0.15, -0.1) is 0 Å². The third-order valence-electron chi connectivity index (χ3n) is 6.05. The molecule has 3 aromatic carbocycles. The van der Waals surface area contributed by atoms with Gasteiger partial charge in [0, 0.05) is 23.0 Å². The summed E-state index contributed by atoms with van der Waals surface area (Å²) in [6, 6.07) is 21.0. The fraction of sp³-hybridized carbons (Fsp3) is 0.226. The van der Waals surface area contributed by atoms with Gasteiger partial charge >= 0.3 is 0 Å². The highest BCUT2D eigenvalue weighted by atomic mass is 35.5. The summed E-state index contributed by atoms with van der Waals surface area (Å²) in [6.45, 7) is 6.71. The predicted molar refractivity (Wildman–Crippen MR) is 162 cm³/mol. The molecule has 9 heteroatoms. The summed E-state index contributed by atoms with van der Waals surface area (Å²) < 4.78 is 37.5. The van der Waals surface area contributed by atoms with Crippen molar-refractivity contribution >= 4 is 39.5 Å². The zero-order valence-corrected chi connectivity index (χ0v) is 24.7. The van der Waals surface area contributed by atoms with Gasteiger partial charge in [-0.1, -0.05) is 75.4 Å². The van der Waals surface area contributed by atoms with Gasteiger partial charge in [-0.3, -0.25) is 4.72 Å². The van der Waals surface area contributed by atoms with Gasteiger partial charge in [0.1, 0.15) is 12.4 Å². The highest BCUT2D eigenvalue weighted by Crippen LogP contribution is 2.40. The third kappa shape index (κ3) is 7.61. The molecule has 1 aromatic heterocycles. The van der Waals surface area contributed by atoms with Crippen molar-refractivity contribution in [2.24, 2.45) is 0 Å². The van der Waals surface area contributed by atoms with E-state index >= 15 is 0 Å². The number of nitrogens with one attached hydrogen (secondary N) is 1. The molecule has 0 unspecified atom stereocenters. The van der Waals surface area contributed by atoms with Gasteiger partial charge in [0.05, 0.1) is 18.9 Å². The Labute approximate surface area is 240 Å². The molecule has 7 nitrogen and oxygen atoms in total. The number of hydrogen-bond donors (Lipinski definition) is 1. The van der Waals surface area contributed by atoms with Gasteiger partial charge in [0.25, 0.3) is 0 Å². The number of hydrogen-bond acceptors (Lipinski definition) is 6. The molecule has 1 N–H and O–H groups in total. The first-order valence-corrected chi connectivity index (χ1v) is 14.9. The Bertz CT molecular complexity index is 1620. The van der Waals surface area contributed by atoms with E-state index < -0.39 is 10.0 Å². The van der Waals surface area contributed by atoms with Crippen molar-refractivity contribution in [2.75, 3.05) is 18.1 Å². The molecule has 0 radical (unpaired) electrons. The van der Waals surface area contributed by atoms with E-state index in [9.17, 15) is 8.42 Å². The summed E-state index contributed by atoms with van der Waals surface area (Å²) in [5.74, 6) is 1.14. The average molecular weight is 578 g/mol. The minimum atomic E-state index is -3.34. The summed E-state index contributed by atoms with van der Waals surface area (Å²) in [5.41, 5.74) is 5.59. The first-order chi connectivity index (χ1) is 18.9. The fourth-order valence-electron chi connectivity index (χ4n) is 4.16. The molecule has 208 valence electrons. The maximum absolute atomic E-state index is 11.5. The Morgan fingerprint density at radius 2 is 1.70 bits per heavy atom. The summed E-state index contributed by atoms with van der Waals surface area (Å²) in [5, 5.41) is 0.102. The molecule has 40 heavy (non-hydrogen) atoms. The van der Waals surface area contributed by atoms with Crippen molar-refractivity contribution in [3.05, 3.63) is 100 Å². The van der Waals surface area contributed by atoms with E-state index in [-0.39, 0.29) is 10.7 Å². The lowest BCUT2D eigenvalue weighted by Gasteiger charge is -2.25. The normalized spacial score (nSPS) is 11.9. The molecule has 0 fully saturated rings. The Balaban J connectivity index is 1.75. The molecule has 0 saturated carbocycles. The number of ether oxygens (including phenoxy) is 2. The molecule has 0 amide bonds. The minimum absolute atomic E-state index is 0.102. The van der Waals surface area contributed by atoms with E-state index in [0.717, 1.165) is 39.8 Å². The Morgan fingerprint density at radius 1 is 1.00 bits per heavy atom. The van der Waals surface area contributed by atoms with Crippen molar-refractivity contribution in [2.45, 2.75) is 32.8 Å². The van der Waals surface area contributed by atoms with Crippen LogP contribution in [-0.2, 0) is 22.0 Å². The summed E-state index contributed by atoms with van der Waals surface area (Å²) in [7, 11) is -1.68. The number of nitrogens with zero attached hydrogens (tertiary/aromatic N) is 2. The van der Waals surface area contributed by atoms with Gasteiger partial charge in [-0.05, 0) is 58.0 Å². The number of rotatable bonds is 9.